The lowest BCUT2D eigenvalue weighted by atomic mass is 10.3. The summed E-state index contributed by atoms with van der Waals surface area (Å²) < 4.78 is 0. The summed E-state index contributed by atoms with van der Waals surface area (Å²) in [7, 11) is 0. The number of amides is 1. The first-order valence-electron chi connectivity index (χ1n) is 6.80. The minimum atomic E-state index is -0.560. The molecule has 0 bridgehead atoms. The van der Waals surface area contributed by atoms with Gasteiger partial charge < -0.3 is 10.3 Å². The van der Waals surface area contributed by atoms with Crippen LogP contribution in [-0.2, 0) is 4.79 Å². The molecule has 1 aromatic carbocycles. The van der Waals surface area contributed by atoms with E-state index in [0.717, 1.165) is 0 Å². The number of nitrogens with one attached hydrogen (secondary N) is 2. The Morgan fingerprint density at radius 1 is 1.36 bits per heavy atom. The summed E-state index contributed by atoms with van der Waals surface area (Å²) in [6, 6.07) is 5.52. The van der Waals surface area contributed by atoms with E-state index in [1.54, 1.807) is 6.07 Å². The van der Waals surface area contributed by atoms with E-state index in [2.05, 4.69) is 20.3 Å². The quantitative estimate of drug-likeness (QED) is 0.383. The second-order valence-corrected chi connectivity index (χ2v) is 6.63. The normalized spacial score (nSPS) is 10.8. The molecule has 2 aromatic heterocycles. The number of benzene rings is 1. The zero-order chi connectivity index (χ0) is 18.0. The number of nitro groups is 1. The number of hydrogen-bond donors (Lipinski definition) is 2. The predicted molar refractivity (Wildman–Crippen MR) is 96.4 cm³/mol. The number of anilines is 1. The molecule has 0 spiro atoms. The molecule has 25 heavy (non-hydrogen) atoms. The number of carbonyl (C=O) groups is 1. The first-order valence-corrected chi connectivity index (χ1v) is 8.54. The lowest BCUT2D eigenvalue weighted by Crippen LogP contribution is -2.14. The molecule has 11 heteroatoms. The van der Waals surface area contributed by atoms with Crippen molar-refractivity contribution in [2.24, 2.45) is 0 Å². The van der Waals surface area contributed by atoms with Gasteiger partial charge in [0, 0.05) is 18.3 Å². The summed E-state index contributed by atoms with van der Waals surface area (Å²) in [4.78, 5) is 33.5. The van der Waals surface area contributed by atoms with Crippen LogP contribution in [0, 0.1) is 10.1 Å². The van der Waals surface area contributed by atoms with Crippen molar-refractivity contribution < 1.29 is 9.72 Å². The minimum absolute atomic E-state index is 0.0703. The summed E-state index contributed by atoms with van der Waals surface area (Å²) >= 11 is 13.0. The van der Waals surface area contributed by atoms with Crippen molar-refractivity contribution in [2.45, 2.75) is 5.16 Å². The Balaban J connectivity index is 1.63. The SMILES string of the molecule is O=C(CSc1nc2ncc(Cl)cc2[nH]1)Nc1ccc([N+](=O)[O-])cc1Cl. The summed E-state index contributed by atoms with van der Waals surface area (Å²) in [6.45, 7) is 0. The predicted octanol–water partition coefficient (Wildman–Crippen LogP) is 3.90. The number of pyridine rings is 1. The molecule has 0 radical (unpaired) electrons. The molecular weight excluding hydrogens is 389 g/mol. The van der Waals surface area contributed by atoms with E-state index in [1.807, 2.05) is 0 Å². The van der Waals surface area contributed by atoms with Crippen LogP contribution in [0.25, 0.3) is 11.2 Å². The minimum Gasteiger partial charge on any atom is -0.331 e. The number of nitrogens with zero attached hydrogens (tertiary/aromatic N) is 3. The average molecular weight is 398 g/mol. The van der Waals surface area contributed by atoms with Gasteiger partial charge >= 0.3 is 0 Å². The summed E-state index contributed by atoms with van der Waals surface area (Å²) in [5, 5.41) is 14.4. The van der Waals surface area contributed by atoms with Gasteiger partial charge in [0.15, 0.2) is 10.8 Å². The number of aromatic amines is 1. The standard InChI is InChI=1S/C14H9Cl2N5O3S/c15-7-3-11-13(17-5-7)20-14(19-11)25-6-12(22)18-10-2-1-8(21(23)24)4-9(10)16/h1-5H,6H2,(H,18,22)(H,17,19,20). The molecule has 0 saturated carbocycles. The fourth-order valence-electron chi connectivity index (χ4n) is 1.96. The number of thioether (sulfide) groups is 1. The van der Waals surface area contributed by atoms with E-state index >= 15 is 0 Å². The number of nitro benzene ring substituents is 1. The fourth-order valence-corrected chi connectivity index (χ4v) is 3.01. The second-order valence-electron chi connectivity index (χ2n) is 4.82. The van der Waals surface area contributed by atoms with E-state index in [9.17, 15) is 14.9 Å². The maximum Gasteiger partial charge on any atom is 0.271 e. The molecule has 8 nitrogen and oxygen atoms in total. The zero-order valence-corrected chi connectivity index (χ0v) is 14.7. The van der Waals surface area contributed by atoms with Gasteiger partial charge in [0.05, 0.1) is 31.9 Å². The van der Waals surface area contributed by atoms with Gasteiger partial charge in [-0.1, -0.05) is 35.0 Å². The highest BCUT2D eigenvalue weighted by Crippen LogP contribution is 2.27. The number of rotatable bonds is 5. The van der Waals surface area contributed by atoms with Gasteiger partial charge in [0.1, 0.15) is 0 Å². The highest BCUT2D eigenvalue weighted by Gasteiger charge is 2.13. The smallest absolute Gasteiger partial charge is 0.271 e. The first-order chi connectivity index (χ1) is 11.9. The van der Waals surface area contributed by atoms with Crippen molar-refractivity contribution in [2.75, 3.05) is 11.1 Å². The molecule has 3 aromatic rings. The van der Waals surface area contributed by atoms with Gasteiger partial charge in [0.25, 0.3) is 5.69 Å². The molecule has 128 valence electrons. The van der Waals surface area contributed by atoms with Crippen LogP contribution >= 0.6 is 35.0 Å². The van der Waals surface area contributed by atoms with E-state index in [0.29, 0.717) is 27.0 Å². The number of non-ortho nitro benzene ring substituents is 1. The molecule has 0 saturated heterocycles. The lowest BCUT2D eigenvalue weighted by molar-refractivity contribution is -0.384. The van der Waals surface area contributed by atoms with Crippen LogP contribution in [0.2, 0.25) is 10.0 Å². The molecule has 0 fully saturated rings. The Morgan fingerprint density at radius 3 is 2.88 bits per heavy atom. The molecule has 0 aliphatic rings. The van der Waals surface area contributed by atoms with Crippen LogP contribution in [0.5, 0.6) is 0 Å². The van der Waals surface area contributed by atoms with Crippen molar-refractivity contribution in [1.82, 2.24) is 15.0 Å². The van der Waals surface area contributed by atoms with Crippen molar-refractivity contribution in [1.29, 1.82) is 0 Å². The number of halogens is 2. The Hall–Kier alpha value is -2.36. The van der Waals surface area contributed by atoms with Crippen molar-refractivity contribution in [3.8, 4) is 0 Å². The molecule has 2 N–H and O–H groups in total. The van der Waals surface area contributed by atoms with E-state index in [-0.39, 0.29) is 22.4 Å². The number of hydrogen-bond acceptors (Lipinski definition) is 6. The molecule has 0 atom stereocenters. The zero-order valence-electron chi connectivity index (χ0n) is 12.3. The molecule has 0 aliphatic heterocycles. The van der Waals surface area contributed by atoms with Gasteiger partial charge in [-0.15, -0.1) is 0 Å². The number of aromatic nitrogens is 3. The third-order valence-corrected chi connectivity index (χ3v) is 4.45. The van der Waals surface area contributed by atoms with E-state index < -0.39 is 4.92 Å². The van der Waals surface area contributed by atoms with Gasteiger partial charge in [0.2, 0.25) is 5.91 Å². The Bertz CT molecular complexity index is 978. The first kappa shape index (κ1) is 17.5. The van der Waals surface area contributed by atoms with E-state index in [4.69, 9.17) is 23.2 Å². The number of carbonyl (C=O) groups excluding carboxylic acids is 1. The van der Waals surface area contributed by atoms with Crippen LogP contribution in [0.4, 0.5) is 11.4 Å². The highest BCUT2D eigenvalue weighted by molar-refractivity contribution is 7.99. The third-order valence-electron chi connectivity index (χ3n) is 3.06. The number of fused-ring (bicyclic) bond motifs is 1. The van der Waals surface area contributed by atoms with Gasteiger partial charge in [-0.05, 0) is 12.1 Å². The Kier molecular flexibility index (Phi) is 5.07. The molecular formula is C14H9Cl2N5O3S. The summed E-state index contributed by atoms with van der Waals surface area (Å²) in [5.41, 5.74) is 1.33. The van der Waals surface area contributed by atoms with Gasteiger partial charge in [-0.25, -0.2) is 9.97 Å². The maximum absolute atomic E-state index is 12.0. The van der Waals surface area contributed by atoms with Crippen LogP contribution in [0.3, 0.4) is 0 Å². The monoisotopic (exact) mass is 397 g/mol. The molecule has 1 amide bonds. The number of imidazole rings is 1. The van der Waals surface area contributed by atoms with Crippen LogP contribution in [-0.4, -0.2) is 31.5 Å². The van der Waals surface area contributed by atoms with Gasteiger partial charge in [-0.3, -0.25) is 14.9 Å². The highest BCUT2D eigenvalue weighted by atomic mass is 35.5. The van der Waals surface area contributed by atoms with Crippen molar-refractivity contribution >= 4 is 63.4 Å². The fraction of sp³-hybridized carbons (Fsp3) is 0.0714. The van der Waals surface area contributed by atoms with Gasteiger partial charge in [-0.2, -0.15) is 0 Å². The topological polar surface area (TPSA) is 114 Å². The summed E-state index contributed by atoms with van der Waals surface area (Å²) in [6.07, 6.45) is 1.49. The Labute approximate surface area is 155 Å². The molecule has 0 unspecified atom stereocenters. The molecule has 3 rings (SSSR count). The third kappa shape index (κ3) is 4.19. The van der Waals surface area contributed by atoms with Crippen LogP contribution < -0.4 is 5.32 Å². The van der Waals surface area contributed by atoms with Crippen LogP contribution in [0.15, 0.2) is 35.6 Å². The Morgan fingerprint density at radius 2 is 2.16 bits per heavy atom. The van der Waals surface area contributed by atoms with E-state index in [1.165, 1.54) is 36.2 Å². The second kappa shape index (κ2) is 7.26. The van der Waals surface area contributed by atoms with Crippen molar-refractivity contribution in [3.05, 3.63) is 50.6 Å². The average Bonchev–Trinajstić information content (AvgIpc) is 2.96. The molecule has 2 heterocycles. The molecule has 0 aliphatic carbocycles. The largest absolute Gasteiger partial charge is 0.331 e. The lowest BCUT2D eigenvalue weighted by Gasteiger charge is -2.06. The number of H-pyrrole nitrogens is 1. The summed E-state index contributed by atoms with van der Waals surface area (Å²) in [5.74, 6) is -0.256. The van der Waals surface area contributed by atoms with Crippen LogP contribution in [0.1, 0.15) is 0 Å². The van der Waals surface area contributed by atoms with Crippen molar-refractivity contribution in [3.63, 3.8) is 0 Å². The maximum atomic E-state index is 12.0.